The molecule has 0 aliphatic carbocycles. The van der Waals surface area contributed by atoms with Gasteiger partial charge in [-0.15, -0.1) is 0 Å². The Morgan fingerprint density at radius 3 is 3.07 bits per heavy atom. The number of piperazine rings is 1. The Labute approximate surface area is 94.0 Å². The van der Waals surface area contributed by atoms with Gasteiger partial charge in [0.15, 0.2) is 0 Å². The summed E-state index contributed by atoms with van der Waals surface area (Å²) in [5.74, 6) is -0.347. The van der Waals surface area contributed by atoms with Crippen molar-refractivity contribution in [1.29, 1.82) is 0 Å². The molecule has 1 atom stereocenters. The molecule has 82 valence electrons. The van der Waals surface area contributed by atoms with Crippen LogP contribution in [0.4, 0.5) is 10.1 Å². The first-order valence-electron chi connectivity index (χ1n) is 5.11. The van der Waals surface area contributed by atoms with Crippen LogP contribution < -0.4 is 10.2 Å². The van der Waals surface area contributed by atoms with E-state index >= 15 is 0 Å². The van der Waals surface area contributed by atoms with Crippen molar-refractivity contribution in [1.82, 2.24) is 5.32 Å². The molecule has 0 amide bonds. The molecule has 4 heteroatoms. The van der Waals surface area contributed by atoms with Gasteiger partial charge in [-0.25, -0.2) is 4.39 Å². The minimum absolute atomic E-state index is 0.228. The lowest BCUT2D eigenvalue weighted by atomic mass is 10.2. The number of halogens is 2. The fourth-order valence-corrected chi connectivity index (χ4v) is 2.15. The molecular formula is C11H14ClFN2. The van der Waals surface area contributed by atoms with Crippen molar-refractivity contribution in [2.45, 2.75) is 13.0 Å². The van der Waals surface area contributed by atoms with Crippen molar-refractivity contribution in [2.75, 3.05) is 24.5 Å². The van der Waals surface area contributed by atoms with Crippen LogP contribution in [0.1, 0.15) is 6.92 Å². The van der Waals surface area contributed by atoms with Crippen LogP contribution in [0.25, 0.3) is 0 Å². The molecule has 0 spiro atoms. The number of nitrogens with zero attached hydrogens (tertiary/aromatic N) is 1. The summed E-state index contributed by atoms with van der Waals surface area (Å²) in [4.78, 5) is 2.14. The normalized spacial score (nSPS) is 21.8. The van der Waals surface area contributed by atoms with E-state index in [0.29, 0.717) is 6.04 Å². The van der Waals surface area contributed by atoms with Gasteiger partial charge in [0, 0.05) is 25.7 Å². The van der Waals surface area contributed by atoms with Crippen LogP contribution in [-0.2, 0) is 0 Å². The van der Waals surface area contributed by atoms with Crippen molar-refractivity contribution in [3.63, 3.8) is 0 Å². The molecule has 1 aromatic carbocycles. The highest BCUT2D eigenvalue weighted by Gasteiger charge is 2.21. The van der Waals surface area contributed by atoms with Gasteiger partial charge in [-0.3, -0.25) is 0 Å². The minimum atomic E-state index is -0.347. The van der Waals surface area contributed by atoms with Gasteiger partial charge in [0.1, 0.15) is 5.82 Å². The molecule has 1 heterocycles. The molecule has 1 unspecified atom stereocenters. The second-order valence-corrected chi connectivity index (χ2v) is 4.20. The predicted molar refractivity (Wildman–Crippen MR) is 61.1 cm³/mol. The molecule has 1 saturated heterocycles. The van der Waals surface area contributed by atoms with Gasteiger partial charge in [-0.1, -0.05) is 17.7 Å². The average molecular weight is 229 g/mol. The summed E-state index contributed by atoms with van der Waals surface area (Å²) in [5.41, 5.74) is 0.797. The van der Waals surface area contributed by atoms with Crippen LogP contribution in [0, 0.1) is 5.82 Å². The third-order valence-corrected chi connectivity index (χ3v) is 3.12. The largest absolute Gasteiger partial charge is 0.365 e. The van der Waals surface area contributed by atoms with Crippen LogP contribution in [-0.4, -0.2) is 25.7 Å². The predicted octanol–water partition coefficient (Wildman–Crippen LogP) is 2.28. The monoisotopic (exact) mass is 228 g/mol. The average Bonchev–Trinajstić information content (AvgIpc) is 2.23. The standard InChI is InChI=1S/C11H14ClFN2/c1-8-7-14-5-6-15(8)10-4-2-3-9(13)11(10)12/h2-4,8,14H,5-7H2,1H3. The molecule has 0 saturated carbocycles. The zero-order valence-electron chi connectivity index (χ0n) is 8.63. The molecule has 1 fully saturated rings. The van der Waals surface area contributed by atoms with Gasteiger partial charge in [0.05, 0.1) is 10.7 Å². The van der Waals surface area contributed by atoms with E-state index in [9.17, 15) is 4.39 Å². The summed E-state index contributed by atoms with van der Waals surface area (Å²) in [6.07, 6.45) is 0. The lowest BCUT2D eigenvalue weighted by molar-refractivity contribution is 0.499. The van der Waals surface area contributed by atoms with E-state index in [-0.39, 0.29) is 10.8 Å². The molecule has 2 nitrogen and oxygen atoms in total. The smallest absolute Gasteiger partial charge is 0.143 e. The number of benzene rings is 1. The van der Waals surface area contributed by atoms with E-state index < -0.39 is 0 Å². The highest BCUT2D eigenvalue weighted by atomic mass is 35.5. The van der Waals surface area contributed by atoms with Crippen molar-refractivity contribution in [3.8, 4) is 0 Å². The topological polar surface area (TPSA) is 15.3 Å². The van der Waals surface area contributed by atoms with Crippen LogP contribution in [0.15, 0.2) is 18.2 Å². The fraction of sp³-hybridized carbons (Fsp3) is 0.455. The Morgan fingerprint density at radius 2 is 2.33 bits per heavy atom. The van der Waals surface area contributed by atoms with E-state index in [2.05, 4.69) is 17.1 Å². The summed E-state index contributed by atoms with van der Waals surface area (Å²) < 4.78 is 13.3. The summed E-state index contributed by atoms with van der Waals surface area (Å²) in [7, 11) is 0. The molecule has 0 aromatic heterocycles. The van der Waals surface area contributed by atoms with Gasteiger partial charge in [0.2, 0.25) is 0 Å². The lowest BCUT2D eigenvalue weighted by Gasteiger charge is -2.36. The van der Waals surface area contributed by atoms with Crippen molar-refractivity contribution < 1.29 is 4.39 Å². The highest BCUT2D eigenvalue weighted by Crippen LogP contribution is 2.29. The second-order valence-electron chi connectivity index (χ2n) is 3.82. The van der Waals surface area contributed by atoms with Gasteiger partial charge in [0.25, 0.3) is 0 Å². The maximum atomic E-state index is 13.3. The number of hydrogen-bond donors (Lipinski definition) is 1. The van der Waals surface area contributed by atoms with Crippen LogP contribution in [0.3, 0.4) is 0 Å². The Bertz CT molecular complexity index is 356. The Hall–Kier alpha value is -0.800. The van der Waals surface area contributed by atoms with Crippen molar-refractivity contribution in [2.24, 2.45) is 0 Å². The SMILES string of the molecule is CC1CNCCN1c1cccc(F)c1Cl. The number of anilines is 1. The molecule has 0 bridgehead atoms. The van der Waals surface area contributed by atoms with Crippen LogP contribution in [0.2, 0.25) is 5.02 Å². The van der Waals surface area contributed by atoms with E-state index in [4.69, 9.17) is 11.6 Å². The number of nitrogens with one attached hydrogen (secondary N) is 1. The summed E-state index contributed by atoms with van der Waals surface area (Å²) in [5, 5.41) is 3.52. The zero-order chi connectivity index (χ0) is 10.8. The molecule has 0 radical (unpaired) electrons. The molecule has 2 rings (SSSR count). The van der Waals surface area contributed by atoms with Crippen molar-refractivity contribution >= 4 is 17.3 Å². The van der Waals surface area contributed by atoms with Gasteiger partial charge < -0.3 is 10.2 Å². The number of rotatable bonds is 1. The fourth-order valence-electron chi connectivity index (χ4n) is 1.91. The van der Waals surface area contributed by atoms with E-state index in [1.54, 1.807) is 6.07 Å². The van der Waals surface area contributed by atoms with E-state index in [1.807, 2.05) is 6.07 Å². The number of hydrogen-bond acceptors (Lipinski definition) is 2. The van der Waals surface area contributed by atoms with Gasteiger partial charge in [-0.05, 0) is 19.1 Å². The summed E-state index contributed by atoms with van der Waals surface area (Å²) in [6.45, 7) is 4.79. The molecule has 1 aromatic rings. The van der Waals surface area contributed by atoms with Gasteiger partial charge in [-0.2, -0.15) is 0 Å². The maximum absolute atomic E-state index is 13.3. The van der Waals surface area contributed by atoms with Gasteiger partial charge >= 0.3 is 0 Å². The Kier molecular flexibility index (Phi) is 3.12. The van der Waals surface area contributed by atoms with E-state index in [0.717, 1.165) is 25.3 Å². The quantitative estimate of drug-likeness (QED) is 0.794. The summed E-state index contributed by atoms with van der Waals surface area (Å²) in [6, 6.07) is 5.30. The first-order valence-corrected chi connectivity index (χ1v) is 5.49. The Balaban J connectivity index is 2.31. The molecule has 1 N–H and O–H groups in total. The third kappa shape index (κ3) is 2.08. The molecular weight excluding hydrogens is 215 g/mol. The minimum Gasteiger partial charge on any atom is -0.365 e. The van der Waals surface area contributed by atoms with Crippen LogP contribution >= 0.6 is 11.6 Å². The second kappa shape index (κ2) is 4.37. The summed E-state index contributed by atoms with van der Waals surface area (Å²) >= 11 is 5.95. The molecule has 1 aliphatic heterocycles. The molecule has 15 heavy (non-hydrogen) atoms. The van der Waals surface area contributed by atoms with E-state index in [1.165, 1.54) is 6.07 Å². The van der Waals surface area contributed by atoms with Crippen LogP contribution in [0.5, 0.6) is 0 Å². The highest BCUT2D eigenvalue weighted by molar-refractivity contribution is 6.33. The Morgan fingerprint density at radius 1 is 1.53 bits per heavy atom. The third-order valence-electron chi connectivity index (χ3n) is 2.74. The van der Waals surface area contributed by atoms with Crippen molar-refractivity contribution in [3.05, 3.63) is 29.0 Å². The first kappa shape index (κ1) is 10.7. The molecule has 1 aliphatic rings. The zero-order valence-corrected chi connectivity index (χ0v) is 9.39. The first-order chi connectivity index (χ1) is 7.20. The maximum Gasteiger partial charge on any atom is 0.143 e. The lowest BCUT2D eigenvalue weighted by Crippen LogP contribution is -2.50.